The van der Waals surface area contributed by atoms with Crippen molar-refractivity contribution in [2.45, 2.75) is 58.0 Å². The minimum absolute atomic E-state index is 0.0405. The van der Waals surface area contributed by atoms with E-state index in [1.807, 2.05) is 19.9 Å². The Labute approximate surface area is 176 Å². The first kappa shape index (κ1) is 20.4. The minimum Gasteiger partial charge on any atom is -0.395 e. The zero-order valence-electron chi connectivity index (χ0n) is 17.5. The van der Waals surface area contributed by atoms with Gasteiger partial charge in [-0.05, 0) is 56.2 Å². The van der Waals surface area contributed by atoms with E-state index in [0.717, 1.165) is 66.6 Å². The second-order valence-electron chi connectivity index (χ2n) is 8.28. The fraction of sp³-hybridized carbons (Fsp3) is 0.500. The van der Waals surface area contributed by atoms with Crippen LogP contribution in [0.4, 0.5) is 11.5 Å². The normalized spacial score (nSPS) is 21.8. The zero-order valence-corrected chi connectivity index (χ0v) is 17.5. The van der Waals surface area contributed by atoms with Gasteiger partial charge in [-0.25, -0.2) is 4.98 Å². The van der Waals surface area contributed by atoms with Gasteiger partial charge in [0.2, 0.25) is 6.41 Å². The van der Waals surface area contributed by atoms with Crippen molar-refractivity contribution >= 4 is 23.8 Å². The summed E-state index contributed by atoms with van der Waals surface area (Å²) in [5, 5.41) is 18.6. The topological polar surface area (TPSA) is 107 Å². The van der Waals surface area contributed by atoms with Gasteiger partial charge in [-0.1, -0.05) is 6.42 Å². The predicted octanol–water partition coefficient (Wildman–Crippen LogP) is 2.25. The van der Waals surface area contributed by atoms with Crippen molar-refractivity contribution in [3.8, 4) is 0 Å². The van der Waals surface area contributed by atoms with Crippen LogP contribution in [0.25, 0.3) is 0 Å². The summed E-state index contributed by atoms with van der Waals surface area (Å²) in [5.41, 5.74) is 4.64. The summed E-state index contributed by atoms with van der Waals surface area (Å²) < 4.78 is 0. The average molecular weight is 412 g/mol. The molecule has 0 bridgehead atoms. The summed E-state index contributed by atoms with van der Waals surface area (Å²) in [5.74, 6) is 0.525. The smallest absolute Gasteiger partial charge is 0.270 e. The number of carbonyl (C=O) groups is 2. The Balaban J connectivity index is 1.66. The quantitative estimate of drug-likeness (QED) is 0.437. The summed E-state index contributed by atoms with van der Waals surface area (Å²) in [6, 6.07) is 1.92. The largest absolute Gasteiger partial charge is 0.395 e. The first-order chi connectivity index (χ1) is 14.5. The first-order valence-corrected chi connectivity index (χ1v) is 10.6. The summed E-state index contributed by atoms with van der Waals surface area (Å²) in [7, 11) is 0. The lowest BCUT2D eigenvalue weighted by molar-refractivity contribution is -0.121. The van der Waals surface area contributed by atoms with Crippen molar-refractivity contribution in [3.05, 3.63) is 40.4 Å². The van der Waals surface area contributed by atoms with Crippen LogP contribution in [-0.2, 0) is 16.0 Å². The molecule has 1 aliphatic carbocycles. The lowest BCUT2D eigenvalue weighted by Gasteiger charge is -2.38. The third-order valence-electron chi connectivity index (χ3n) is 6.40. The highest BCUT2D eigenvalue weighted by Gasteiger charge is 2.49. The van der Waals surface area contributed by atoms with E-state index >= 15 is 0 Å². The van der Waals surface area contributed by atoms with Gasteiger partial charge in [0, 0.05) is 36.6 Å². The highest BCUT2D eigenvalue weighted by Crippen LogP contribution is 2.40. The molecule has 3 aliphatic rings. The van der Waals surface area contributed by atoms with Gasteiger partial charge in [-0.15, -0.1) is 0 Å². The van der Waals surface area contributed by atoms with Crippen molar-refractivity contribution in [1.82, 2.24) is 15.2 Å². The van der Waals surface area contributed by atoms with E-state index in [9.17, 15) is 9.59 Å². The molecule has 1 aromatic heterocycles. The highest BCUT2D eigenvalue weighted by atomic mass is 16.3. The molecule has 4 N–H and O–H groups in total. The van der Waals surface area contributed by atoms with Gasteiger partial charge in [0.05, 0.1) is 6.61 Å². The molecule has 0 aromatic carbocycles. The van der Waals surface area contributed by atoms with E-state index in [0.29, 0.717) is 24.5 Å². The van der Waals surface area contributed by atoms with Crippen LogP contribution >= 0.6 is 0 Å². The van der Waals surface area contributed by atoms with Gasteiger partial charge >= 0.3 is 0 Å². The number of hydrogen-bond donors (Lipinski definition) is 4. The van der Waals surface area contributed by atoms with Crippen LogP contribution in [0, 0.1) is 0 Å². The van der Waals surface area contributed by atoms with Gasteiger partial charge in [0.25, 0.3) is 5.91 Å². The number of carbonyl (C=O) groups excluding carboxylic acids is 2. The number of allylic oxidation sites excluding steroid dienone is 3. The molecule has 0 unspecified atom stereocenters. The van der Waals surface area contributed by atoms with E-state index in [4.69, 9.17) is 5.11 Å². The third-order valence-corrected chi connectivity index (χ3v) is 6.40. The number of hydrogen-bond acceptors (Lipinski definition) is 6. The lowest BCUT2D eigenvalue weighted by Crippen LogP contribution is -2.52. The van der Waals surface area contributed by atoms with Crippen LogP contribution in [-0.4, -0.2) is 46.1 Å². The van der Waals surface area contributed by atoms with E-state index in [1.54, 1.807) is 11.1 Å². The number of anilines is 2. The van der Waals surface area contributed by atoms with E-state index < -0.39 is 5.66 Å². The Morgan fingerprint density at radius 1 is 1.37 bits per heavy atom. The minimum atomic E-state index is -0.572. The van der Waals surface area contributed by atoms with Crippen LogP contribution in [0.1, 0.15) is 51.5 Å². The number of amides is 2. The molecule has 2 aliphatic heterocycles. The van der Waals surface area contributed by atoms with Crippen LogP contribution in [0.3, 0.4) is 0 Å². The number of pyridine rings is 1. The molecule has 1 saturated heterocycles. The van der Waals surface area contributed by atoms with Crippen molar-refractivity contribution in [2.24, 2.45) is 0 Å². The molecule has 8 nitrogen and oxygen atoms in total. The molecule has 3 heterocycles. The van der Waals surface area contributed by atoms with Crippen molar-refractivity contribution < 1.29 is 14.7 Å². The Morgan fingerprint density at radius 3 is 2.83 bits per heavy atom. The molecule has 1 aromatic rings. The Morgan fingerprint density at radius 2 is 2.13 bits per heavy atom. The van der Waals surface area contributed by atoms with Gasteiger partial charge in [0.15, 0.2) is 0 Å². The maximum Gasteiger partial charge on any atom is 0.270 e. The van der Waals surface area contributed by atoms with Crippen molar-refractivity contribution in [2.75, 3.05) is 23.8 Å². The number of fused-ring (bicyclic) bond motifs is 1. The van der Waals surface area contributed by atoms with Crippen LogP contribution < -0.4 is 16.0 Å². The molecule has 1 spiro atoms. The molecule has 30 heavy (non-hydrogen) atoms. The van der Waals surface area contributed by atoms with E-state index in [-0.39, 0.29) is 12.5 Å². The molecular formula is C22H29N5O3. The maximum atomic E-state index is 12.9. The van der Waals surface area contributed by atoms with Gasteiger partial charge in [-0.2, -0.15) is 0 Å². The fourth-order valence-corrected chi connectivity index (χ4v) is 4.84. The number of aromatic nitrogens is 1. The standard InChI is InChI=1S/C22H29N5O3/c1-14(20-21(30)26-22(27(20)13-29)6-4-3-5-7-22)17-10-16-12-24-19(23-8-9-28)11-18(16)25-15(17)2/h11-13,25,28H,3-10H2,1-2H3,(H,23,24)(H,26,30)/b20-14-. The molecule has 4 rings (SSSR count). The second kappa shape index (κ2) is 8.10. The van der Waals surface area contributed by atoms with Gasteiger partial charge < -0.3 is 21.1 Å². The third kappa shape index (κ3) is 3.45. The number of rotatable bonds is 5. The molecule has 8 heteroatoms. The summed E-state index contributed by atoms with van der Waals surface area (Å²) >= 11 is 0. The molecular weight excluding hydrogens is 382 g/mol. The number of aliphatic hydroxyl groups is 1. The molecule has 2 fully saturated rings. The monoisotopic (exact) mass is 411 g/mol. The zero-order chi connectivity index (χ0) is 21.3. The highest BCUT2D eigenvalue weighted by molar-refractivity contribution is 6.00. The molecule has 160 valence electrons. The summed E-state index contributed by atoms with van der Waals surface area (Å²) in [6.07, 6.45) is 7.98. The molecule has 0 radical (unpaired) electrons. The molecule has 0 atom stereocenters. The summed E-state index contributed by atoms with van der Waals surface area (Å²) in [4.78, 5) is 31.1. The average Bonchev–Trinajstić information content (AvgIpc) is 3.01. The first-order valence-electron chi connectivity index (χ1n) is 10.6. The number of nitrogens with one attached hydrogen (secondary N) is 3. The van der Waals surface area contributed by atoms with E-state index in [1.165, 1.54) is 0 Å². The fourth-order valence-electron chi connectivity index (χ4n) is 4.84. The molecule has 1 saturated carbocycles. The van der Waals surface area contributed by atoms with Gasteiger partial charge in [-0.3, -0.25) is 14.5 Å². The van der Waals surface area contributed by atoms with Crippen LogP contribution in [0.15, 0.2) is 34.8 Å². The van der Waals surface area contributed by atoms with E-state index in [2.05, 4.69) is 20.9 Å². The SMILES string of the molecule is CC1=C(/C(C)=C2/C(=O)NC3(CCCCC3)N2C=O)Cc2cnc(NCCO)cc2N1. The van der Waals surface area contributed by atoms with Gasteiger partial charge in [0.1, 0.15) is 17.2 Å². The molecule has 2 amide bonds. The lowest BCUT2D eigenvalue weighted by atomic mass is 9.88. The maximum absolute atomic E-state index is 12.9. The number of nitrogens with zero attached hydrogens (tertiary/aromatic N) is 2. The summed E-state index contributed by atoms with van der Waals surface area (Å²) in [6.45, 7) is 4.38. The van der Waals surface area contributed by atoms with Crippen molar-refractivity contribution in [3.63, 3.8) is 0 Å². The van der Waals surface area contributed by atoms with Crippen LogP contribution in [0.2, 0.25) is 0 Å². The Hall–Kier alpha value is -2.87. The second-order valence-corrected chi connectivity index (χ2v) is 8.28. The van der Waals surface area contributed by atoms with Crippen LogP contribution in [0.5, 0.6) is 0 Å². The van der Waals surface area contributed by atoms with Crippen molar-refractivity contribution in [1.29, 1.82) is 0 Å². The Bertz CT molecular complexity index is 931. The number of aliphatic hydroxyl groups excluding tert-OH is 1. The Kier molecular flexibility index (Phi) is 5.51. The predicted molar refractivity (Wildman–Crippen MR) is 114 cm³/mol.